The quantitative estimate of drug-likeness (QED) is 0.149. The van der Waals surface area contributed by atoms with E-state index in [2.05, 4.69) is 68.9 Å². The summed E-state index contributed by atoms with van der Waals surface area (Å²) >= 11 is 2.46. The molecule has 0 spiro atoms. The standard InChI is InChI=1S/C32H40IN3O2/c1-24(32(38,27-13-7-3-8-14-27)28-15-9-4-10-16-28)35-31(37)36-29-19-17-25(18-20-29)21-22-34-30(23-33)26-11-5-2-6-12-26/h2-16,24-25,29-30,34,38H,17-23H2,1H3,(H2,35,36,37)/t24-,25?,29?,30-/m1/s1. The van der Waals surface area contributed by atoms with Gasteiger partial charge in [-0.2, -0.15) is 0 Å². The van der Waals surface area contributed by atoms with Crippen LogP contribution >= 0.6 is 22.6 Å². The van der Waals surface area contributed by atoms with Gasteiger partial charge in [-0.25, -0.2) is 4.79 Å². The fourth-order valence-electron chi connectivity index (χ4n) is 5.58. The van der Waals surface area contributed by atoms with Crippen LogP contribution in [-0.4, -0.2) is 34.2 Å². The first-order valence-electron chi connectivity index (χ1n) is 13.8. The number of aliphatic hydroxyl groups is 1. The minimum Gasteiger partial charge on any atom is -0.378 e. The van der Waals surface area contributed by atoms with Crippen molar-refractivity contribution in [2.45, 2.75) is 62.8 Å². The molecule has 0 bridgehead atoms. The second-order valence-corrected chi connectivity index (χ2v) is 11.3. The normalized spacial score (nSPS) is 19.3. The molecule has 2 amide bonds. The van der Waals surface area contributed by atoms with E-state index in [0.29, 0.717) is 12.0 Å². The maximum atomic E-state index is 13.0. The highest BCUT2D eigenvalue weighted by Gasteiger charge is 2.38. The Balaban J connectivity index is 1.25. The van der Waals surface area contributed by atoms with Gasteiger partial charge in [-0.3, -0.25) is 0 Å². The van der Waals surface area contributed by atoms with Crippen LogP contribution in [0.4, 0.5) is 4.79 Å². The largest absolute Gasteiger partial charge is 0.378 e. The van der Waals surface area contributed by atoms with Gasteiger partial charge >= 0.3 is 6.03 Å². The third-order valence-electron chi connectivity index (χ3n) is 7.88. The van der Waals surface area contributed by atoms with Crippen molar-refractivity contribution >= 4 is 28.6 Å². The van der Waals surface area contributed by atoms with Crippen LogP contribution in [0.1, 0.15) is 61.8 Å². The fraction of sp³-hybridized carbons (Fsp3) is 0.406. The van der Waals surface area contributed by atoms with E-state index in [0.717, 1.165) is 54.2 Å². The van der Waals surface area contributed by atoms with Gasteiger partial charge in [-0.05, 0) is 68.2 Å². The van der Waals surface area contributed by atoms with Gasteiger partial charge in [0.05, 0.1) is 6.04 Å². The monoisotopic (exact) mass is 625 g/mol. The summed E-state index contributed by atoms with van der Waals surface area (Å²) in [6, 6.07) is 29.6. The first-order valence-corrected chi connectivity index (χ1v) is 15.3. The van der Waals surface area contributed by atoms with Gasteiger partial charge in [0.15, 0.2) is 0 Å². The summed E-state index contributed by atoms with van der Waals surface area (Å²) in [4.78, 5) is 13.0. The molecule has 0 unspecified atom stereocenters. The van der Waals surface area contributed by atoms with E-state index >= 15 is 0 Å². The maximum absolute atomic E-state index is 13.0. The molecule has 0 aliphatic heterocycles. The van der Waals surface area contributed by atoms with Crippen molar-refractivity contribution in [3.8, 4) is 0 Å². The minimum absolute atomic E-state index is 0.166. The van der Waals surface area contributed by atoms with E-state index in [4.69, 9.17) is 0 Å². The van der Waals surface area contributed by atoms with Crippen LogP contribution in [0.3, 0.4) is 0 Å². The smallest absolute Gasteiger partial charge is 0.315 e. The highest BCUT2D eigenvalue weighted by molar-refractivity contribution is 14.1. The van der Waals surface area contributed by atoms with Crippen LogP contribution in [0.5, 0.6) is 0 Å². The predicted molar refractivity (Wildman–Crippen MR) is 163 cm³/mol. The van der Waals surface area contributed by atoms with Crippen molar-refractivity contribution in [2.75, 3.05) is 11.0 Å². The van der Waals surface area contributed by atoms with Gasteiger partial charge in [0, 0.05) is 16.5 Å². The average Bonchev–Trinajstić information content (AvgIpc) is 2.97. The Kier molecular flexibility index (Phi) is 10.6. The molecular formula is C32H40IN3O2. The number of urea groups is 1. The van der Waals surface area contributed by atoms with Crippen LogP contribution in [-0.2, 0) is 5.60 Å². The highest BCUT2D eigenvalue weighted by Crippen LogP contribution is 2.33. The van der Waals surface area contributed by atoms with Gasteiger partial charge in [-0.15, -0.1) is 0 Å². The Morgan fingerprint density at radius 1 is 0.895 bits per heavy atom. The van der Waals surface area contributed by atoms with Crippen LogP contribution in [0, 0.1) is 5.92 Å². The van der Waals surface area contributed by atoms with Crippen molar-refractivity contribution in [2.24, 2.45) is 5.92 Å². The third kappa shape index (κ3) is 7.36. The number of alkyl halides is 1. The number of nitrogens with one attached hydrogen (secondary N) is 3. The number of hydrogen-bond donors (Lipinski definition) is 4. The molecule has 3 aromatic carbocycles. The summed E-state index contributed by atoms with van der Waals surface area (Å²) in [6.45, 7) is 2.88. The van der Waals surface area contributed by atoms with E-state index in [-0.39, 0.29) is 12.1 Å². The molecular weight excluding hydrogens is 585 g/mol. The predicted octanol–water partition coefficient (Wildman–Crippen LogP) is 6.33. The molecule has 4 rings (SSSR count). The molecule has 4 N–H and O–H groups in total. The SMILES string of the molecule is C[C@@H](NC(=O)NC1CCC(CCN[C@H](CI)c2ccccc2)CC1)C(O)(c1ccccc1)c1ccccc1. The molecule has 0 heterocycles. The van der Waals surface area contributed by atoms with Gasteiger partial charge in [0.25, 0.3) is 0 Å². The van der Waals surface area contributed by atoms with Crippen LogP contribution < -0.4 is 16.0 Å². The highest BCUT2D eigenvalue weighted by atomic mass is 127. The first kappa shape index (κ1) is 28.6. The van der Waals surface area contributed by atoms with Gasteiger partial charge in [0.1, 0.15) is 5.60 Å². The zero-order chi connectivity index (χ0) is 26.8. The third-order valence-corrected chi connectivity index (χ3v) is 8.76. The summed E-state index contributed by atoms with van der Waals surface area (Å²) in [5.74, 6) is 0.689. The lowest BCUT2D eigenvalue weighted by Gasteiger charge is -2.36. The fourth-order valence-corrected chi connectivity index (χ4v) is 6.40. The number of carbonyl (C=O) groups excluding carboxylic acids is 1. The minimum atomic E-state index is -1.33. The van der Waals surface area contributed by atoms with Crippen LogP contribution in [0.15, 0.2) is 91.0 Å². The molecule has 202 valence electrons. The Hall–Kier alpha value is -2.42. The van der Waals surface area contributed by atoms with Crippen molar-refractivity contribution in [1.82, 2.24) is 16.0 Å². The second-order valence-electron chi connectivity index (χ2n) is 10.4. The summed E-state index contributed by atoms with van der Waals surface area (Å²) in [5.41, 5.74) is 1.52. The van der Waals surface area contributed by atoms with Crippen LogP contribution in [0.2, 0.25) is 0 Å². The molecule has 3 aromatic rings. The molecule has 38 heavy (non-hydrogen) atoms. The number of amides is 2. The van der Waals surface area contributed by atoms with E-state index in [1.54, 1.807) is 0 Å². The Morgan fingerprint density at radius 2 is 1.42 bits per heavy atom. The van der Waals surface area contributed by atoms with Gasteiger partial charge in [-0.1, -0.05) is 114 Å². The number of benzene rings is 3. The average molecular weight is 626 g/mol. The molecule has 0 aromatic heterocycles. The summed E-state index contributed by atoms with van der Waals surface area (Å²) in [7, 11) is 0. The van der Waals surface area contributed by atoms with E-state index in [1.807, 2.05) is 67.6 Å². The Labute approximate surface area is 241 Å². The molecule has 1 fully saturated rings. The van der Waals surface area contributed by atoms with Crippen molar-refractivity contribution < 1.29 is 9.90 Å². The molecule has 0 radical (unpaired) electrons. The topological polar surface area (TPSA) is 73.4 Å². The molecule has 0 saturated heterocycles. The lowest BCUT2D eigenvalue weighted by Crippen LogP contribution is -2.54. The van der Waals surface area contributed by atoms with Gasteiger partial charge in [0.2, 0.25) is 0 Å². The molecule has 6 heteroatoms. The number of carbonyl (C=O) groups is 1. The van der Waals surface area contributed by atoms with E-state index in [9.17, 15) is 9.90 Å². The lowest BCUT2D eigenvalue weighted by atomic mass is 9.81. The van der Waals surface area contributed by atoms with Gasteiger partial charge < -0.3 is 21.1 Å². The van der Waals surface area contributed by atoms with Crippen molar-refractivity contribution in [3.63, 3.8) is 0 Å². The van der Waals surface area contributed by atoms with Crippen molar-refractivity contribution in [1.29, 1.82) is 0 Å². The molecule has 1 aliphatic carbocycles. The summed E-state index contributed by atoms with van der Waals surface area (Å²) < 4.78 is 1.05. The zero-order valence-electron chi connectivity index (χ0n) is 22.2. The number of rotatable bonds is 11. The number of halogens is 1. The second kappa shape index (κ2) is 14.1. The van der Waals surface area contributed by atoms with E-state index in [1.165, 1.54) is 5.56 Å². The lowest BCUT2D eigenvalue weighted by molar-refractivity contribution is 0.0470. The van der Waals surface area contributed by atoms with E-state index < -0.39 is 11.6 Å². The van der Waals surface area contributed by atoms with Crippen molar-refractivity contribution in [3.05, 3.63) is 108 Å². The molecule has 2 atom stereocenters. The summed E-state index contributed by atoms with van der Waals surface area (Å²) in [5, 5.41) is 21.8. The molecule has 5 nitrogen and oxygen atoms in total. The molecule has 1 aliphatic rings. The number of hydrogen-bond acceptors (Lipinski definition) is 3. The maximum Gasteiger partial charge on any atom is 0.315 e. The van der Waals surface area contributed by atoms with Crippen LogP contribution in [0.25, 0.3) is 0 Å². The summed E-state index contributed by atoms with van der Waals surface area (Å²) in [6.07, 6.45) is 5.39. The Bertz CT molecular complexity index is 1070. The Morgan fingerprint density at radius 3 is 1.95 bits per heavy atom. The molecule has 1 saturated carbocycles. The first-order chi connectivity index (χ1) is 18.5. The zero-order valence-corrected chi connectivity index (χ0v) is 24.3.